The van der Waals surface area contributed by atoms with Gasteiger partial charge in [0, 0.05) is 6.42 Å². The van der Waals surface area contributed by atoms with Gasteiger partial charge in [-0.25, -0.2) is 0 Å². The van der Waals surface area contributed by atoms with Gasteiger partial charge in [-0.1, -0.05) is 18.2 Å². The fraction of sp³-hybridized carbons (Fsp3) is 0.143. The molecule has 3 aromatic rings. The molecule has 108 valence electrons. The molecule has 2 heterocycles. The van der Waals surface area contributed by atoms with Gasteiger partial charge in [0.2, 0.25) is 0 Å². The van der Waals surface area contributed by atoms with Crippen molar-refractivity contribution >= 4 is 5.65 Å². The number of hydrogen-bond donors (Lipinski definition) is 1. The first-order valence-electron chi connectivity index (χ1n) is 6.12. The second kappa shape index (κ2) is 4.76. The summed E-state index contributed by atoms with van der Waals surface area (Å²) in [5.41, 5.74) is 0.300. The molecule has 0 saturated carbocycles. The minimum atomic E-state index is -4.37. The van der Waals surface area contributed by atoms with Crippen LogP contribution in [0.25, 0.3) is 5.65 Å². The topological polar surface area (TPSA) is 50.4 Å². The maximum Gasteiger partial charge on any atom is 0.416 e. The molecule has 0 fully saturated rings. The Hall–Kier alpha value is -2.57. The number of nitrogens with zero attached hydrogens (tertiary/aromatic N) is 3. The quantitative estimate of drug-likeness (QED) is 0.790. The van der Waals surface area contributed by atoms with Crippen LogP contribution in [-0.2, 0) is 12.6 Å². The molecule has 0 aliphatic carbocycles. The summed E-state index contributed by atoms with van der Waals surface area (Å²) < 4.78 is 39.6. The highest BCUT2D eigenvalue weighted by Gasteiger charge is 2.30. The van der Waals surface area contributed by atoms with Gasteiger partial charge in [0.25, 0.3) is 0 Å². The third-order valence-corrected chi connectivity index (χ3v) is 3.07. The fourth-order valence-corrected chi connectivity index (χ4v) is 2.09. The first kappa shape index (κ1) is 13.4. The van der Waals surface area contributed by atoms with Crippen LogP contribution in [0.2, 0.25) is 0 Å². The van der Waals surface area contributed by atoms with Crippen molar-refractivity contribution in [2.75, 3.05) is 0 Å². The molecular formula is C14H10F3N3O. The normalized spacial score (nSPS) is 12.0. The molecule has 2 aromatic heterocycles. The van der Waals surface area contributed by atoms with Crippen molar-refractivity contribution in [3.8, 4) is 5.75 Å². The van der Waals surface area contributed by atoms with E-state index in [-0.39, 0.29) is 12.2 Å². The van der Waals surface area contributed by atoms with Gasteiger partial charge in [-0.15, -0.1) is 10.2 Å². The van der Waals surface area contributed by atoms with E-state index < -0.39 is 11.7 Å². The summed E-state index contributed by atoms with van der Waals surface area (Å²) in [5.74, 6) is 0.493. The number of hydrogen-bond acceptors (Lipinski definition) is 3. The lowest BCUT2D eigenvalue weighted by Crippen LogP contribution is -2.06. The van der Waals surface area contributed by atoms with Gasteiger partial charge >= 0.3 is 6.18 Å². The van der Waals surface area contributed by atoms with Gasteiger partial charge in [0.15, 0.2) is 5.65 Å². The molecule has 4 nitrogen and oxygen atoms in total. The van der Waals surface area contributed by atoms with Crippen molar-refractivity contribution in [1.82, 2.24) is 14.6 Å². The standard InChI is InChI=1S/C14H10F3N3O/c15-14(16,17)10-3-1-2-9(6-10)7-13-19-18-12-5-4-11(21)8-20(12)13/h1-6,8,21H,7H2. The zero-order valence-electron chi connectivity index (χ0n) is 10.7. The van der Waals surface area contributed by atoms with Crippen molar-refractivity contribution in [3.05, 3.63) is 59.5 Å². The van der Waals surface area contributed by atoms with Crippen LogP contribution in [0.3, 0.4) is 0 Å². The zero-order chi connectivity index (χ0) is 15.0. The van der Waals surface area contributed by atoms with Gasteiger partial charge in [-0.3, -0.25) is 4.40 Å². The van der Waals surface area contributed by atoms with E-state index in [1.165, 1.54) is 18.3 Å². The van der Waals surface area contributed by atoms with E-state index in [1.807, 2.05) is 0 Å². The molecule has 3 rings (SSSR count). The van der Waals surface area contributed by atoms with Crippen molar-refractivity contribution in [3.63, 3.8) is 0 Å². The van der Waals surface area contributed by atoms with E-state index in [1.54, 1.807) is 16.5 Å². The van der Waals surface area contributed by atoms with Gasteiger partial charge in [0.1, 0.15) is 11.6 Å². The van der Waals surface area contributed by atoms with Crippen LogP contribution in [-0.4, -0.2) is 19.7 Å². The molecule has 0 aliphatic rings. The summed E-state index contributed by atoms with van der Waals surface area (Å²) in [4.78, 5) is 0. The van der Waals surface area contributed by atoms with Crippen molar-refractivity contribution in [2.24, 2.45) is 0 Å². The minimum Gasteiger partial charge on any atom is -0.506 e. The van der Waals surface area contributed by atoms with Crippen LogP contribution in [0.5, 0.6) is 5.75 Å². The second-order valence-corrected chi connectivity index (χ2v) is 4.61. The smallest absolute Gasteiger partial charge is 0.416 e. The number of fused-ring (bicyclic) bond motifs is 1. The molecule has 21 heavy (non-hydrogen) atoms. The highest BCUT2D eigenvalue weighted by atomic mass is 19.4. The molecule has 0 aliphatic heterocycles. The summed E-state index contributed by atoms with van der Waals surface area (Å²) in [6, 6.07) is 8.12. The van der Waals surface area contributed by atoms with Crippen molar-refractivity contribution in [2.45, 2.75) is 12.6 Å². The Morgan fingerprint density at radius 2 is 1.90 bits per heavy atom. The van der Waals surface area contributed by atoms with E-state index in [4.69, 9.17) is 0 Å². The Morgan fingerprint density at radius 3 is 2.67 bits per heavy atom. The SMILES string of the molecule is Oc1ccc2nnc(Cc3cccc(C(F)(F)F)c3)n2c1. The van der Waals surface area contributed by atoms with Crippen LogP contribution < -0.4 is 0 Å². The summed E-state index contributed by atoms with van der Waals surface area (Å²) in [6.45, 7) is 0. The van der Waals surface area contributed by atoms with Crippen molar-refractivity contribution < 1.29 is 18.3 Å². The van der Waals surface area contributed by atoms with Crippen LogP contribution in [0, 0.1) is 0 Å². The van der Waals surface area contributed by atoms with E-state index in [2.05, 4.69) is 10.2 Å². The Labute approximate surface area is 117 Å². The number of halogens is 3. The van der Waals surface area contributed by atoms with Crippen LogP contribution >= 0.6 is 0 Å². The Morgan fingerprint density at radius 1 is 1.10 bits per heavy atom. The molecule has 0 radical (unpaired) electrons. The predicted octanol–water partition coefficient (Wildman–Crippen LogP) is 3.04. The minimum absolute atomic E-state index is 0.0348. The highest BCUT2D eigenvalue weighted by Crippen LogP contribution is 2.30. The first-order valence-corrected chi connectivity index (χ1v) is 6.12. The monoisotopic (exact) mass is 293 g/mol. The lowest BCUT2D eigenvalue weighted by Gasteiger charge is -2.08. The third kappa shape index (κ3) is 2.67. The second-order valence-electron chi connectivity index (χ2n) is 4.61. The number of aromatic nitrogens is 3. The van der Waals surface area contributed by atoms with Gasteiger partial charge in [-0.2, -0.15) is 13.2 Å². The largest absolute Gasteiger partial charge is 0.506 e. The summed E-state index contributed by atoms with van der Waals surface area (Å²) >= 11 is 0. The predicted molar refractivity (Wildman–Crippen MR) is 68.9 cm³/mol. The molecule has 0 bridgehead atoms. The Balaban J connectivity index is 1.97. The Bertz CT molecular complexity index is 796. The molecule has 0 spiro atoms. The number of aromatic hydroxyl groups is 1. The fourth-order valence-electron chi connectivity index (χ4n) is 2.09. The van der Waals surface area contributed by atoms with E-state index >= 15 is 0 Å². The number of alkyl halides is 3. The van der Waals surface area contributed by atoms with E-state index in [0.717, 1.165) is 12.1 Å². The lowest BCUT2D eigenvalue weighted by molar-refractivity contribution is -0.137. The van der Waals surface area contributed by atoms with E-state index in [0.29, 0.717) is 17.0 Å². The van der Waals surface area contributed by atoms with Gasteiger partial charge < -0.3 is 5.11 Å². The molecule has 7 heteroatoms. The van der Waals surface area contributed by atoms with Crippen LogP contribution in [0.4, 0.5) is 13.2 Å². The van der Waals surface area contributed by atoms with Gasteiger partial charge in [-0.05, 0) is 23.8 Å². The van der Waals surface area contributed by atoms with E-state index in [9.17, 15) is 18.3 Å². The lowest BCUT2D eigenvalue weighted by atomic mass is 10.1. The van der Waals surface area contributed by atoms with Crippen molar-refractivity contribution in [1.29, 1.82) is 0 Å². The maximum atomic E-state index is 12.7. The zero-order valence-corrected chi connectivity index (χ0v) is 10.7. The number of rotatable bonds is 2. The highest BCUT2D eigenvalue weighted by molar-refractivity contribution is 5.41. The first-order chi connectivity index (χ1) is 9.93. The Kier molecular flexibility index (Phi) is 3.04. The molecule has 1 aromatic carbocycles. The average Bonchev–Trinajstić information content (AvgIpc) is 2.81. The summed E-state index contributed by atoms with van der Waals surface area (Å²) in [7, 11) is 0. The number of pyridine rings is 1. The van der Waals surface area contributed by atoms with Gasteiger partial charge in [0.05, 0.1) is 11.8 Å². The molecular weight excluding hydrogens is 283 g/mol. The summed E-state index contributed by atoms with van der Waals surface area (Å²) in [5, 5.41) is 17.3. The third-order valence-electron chi connectivity index (χ3n) is 3.07. The molecule has 0 atom stereocenters. The molecule has 0 saturated heterocycles. The number of benzene rings is 1. The van der Waals surface area contributed by atoms with Crippen LogP contribution in [0.1, 0.15) is 17.0 Å². The molecule has 0 unspecified atom stereocenters. The molecule has 1 N–H and O–H groups in total. The average molecular weight is 293 g/mol. The molecule has 0 amide bonds. The maximum absolute atomic E-state index is 12.7. The van der Waals surface area contributed by atoms with Crippen LogP contribution in [0.15, 0.2) is 42.6 Å². The summed E-state index contributed by atoms with van der Waals surface area (Å²) in [6.07, 6.45) is -2.76.